The van der Waals surface area contributed by atoms with Gasteiger partial charge in [-0.3, -0.25) is 4.79 Å². The van der Waals surface area contributed by atoms with E-state index in [4.69, 9.17) is 0 Å². The fourth-order valence-corrected chi connectivity index (χ4v) is 4.39. The standard InChI is InChI=1S/C27H22N2O2/c1-18-25-16-28-17-29(25)24(27(18)22-5-3-2-4-6-22)15-26(31)21-9-7-19(8-10-21)20-11-13-23(30)14-12-20/h2-14,16-17,24,30H,15H2,1H3. The maximum absolute atomic E-state index is 13.2. The molecule has 0 fully saturated rings. The van der Waals surface area contributed by atoms with Gasteiger partial charge in [-0.05, 0) is 46.9 Å². The molecular formula is C27H22N2O2. The van der Waals surface area contributed by atoms with Crippen LogP contribution in [0.5, 0.6) is 5.75 Å². The molecule has 1 unspecified atom stereocenters. The van der Waals surface area contributed by atoms with Crippen LogP contribution in [0, 0.1) is 0 Å². The predicted octanol–water partition coefficient (Wildman–Crippen LogP) is 6.01. The van der Waals surface area contributed by atoms with Crippen molar-refractivity contribution in [2.24, 2.45) is 0 Å². The van der Waals surface area contributed by atoms with Crippen molar-refractivity contribution >= 4 is 16.9 Å². The lowest BCUT2D eigenvalue weighted by Crippen LogP contribution is -2.13. The number of carbonyl (C=O) groups excluding carboxylic acids is 1. The molecule has 0 saturated carbocycles. The second-order valence-corrected chi connectivity index (χ2v) is 7.86. The van der Waals surface area contributed by atoms with Crippen LogP contribution in [-0.2, 0) is 0 Å². The lowest BCUT2D eigenvalue weighted by atomic mass is 9.91. The first kappa shape index (κ1) is 19.1. The van der Waals surface area contributed by atoms with E-state index in [2.05, 4.69) is 28.6 Å². The number of imidazole rings is 1. The maximum Gasteiger partial charge on any atom is 0.165 e. The van der Waals surface area contributed by atoms with E-state index in [1.807, 2.05) is 67.1 Å². The zero-order valence-corrected chi connectivity index (χ0v) is 17.2. The molecule has 0 bridgehead atoms. The van der Waals surface area contributed by atoms with E-state index >= 15 is 0 Å². The molecule has 5 rings (SSSR count). The summed E-state index contributed by atoms with van der Waals surface area (Å²) in [6.45, 7) is 2.10. The summed E-state index contributed by atoms with van der Waals surface area (Å²) in [5.41, 5.74) is 7.27. The number of allylic oxidation sites excluding steroid dienone is 2. The number of aromatic nitrogens is 2. The number of hydrogen-bond acceptors (Lipinski definition) is 3. The van der Waals surface area contributed by atoms with Crippen LogP contribution in [0.3, 0.4) is 0 Å². The van der Waals surface area contributed by atoms with Gasteiger partial charge < -0.3 is 9.67 Å². The van der Waals surface area contributed by atoms with Gasteiger partial charge in [0.25, 0.3) is 0 Å². The summed E-state index contributed by atoms with van der Waals surface area (Å²) >= 11 is 0. The van der Waals surface area contributed by atoms with E-state index in [9.17, 15) is 9.90 Å². The average molecular weight is 406 g/mol. The predicted molar refractivity (Wildman–Crippen MR) is 123 cm³/mol. The highest BCUT2D eigenvalue weighted by Crippen LogP contribution is 2.44. The normalized spacial score (nSPS) is 15.2. The Kier molecular flexibility index (Phi) is 4.75. The number of phenolic OH excluding ortho intramolecular Hbond substituents is 1. The monoisotopic (exact) mass is 406 g/mol. The van der Waals surface area contributed by atoms with Crippen LogP contribution < -0.4 is 0 Å². The first-order valence-electron chi connectivity index (χ1n) is 10.3. The summed E-state index contributed by atoms with van der Waals surface area (Å²) in [6, 6.07) is 24.9. The third kappa shape index (κ3) is 3.46. The molecular weight excluding hydrogens is 384 g/mol. The van der Waals surface area contributed by atoms with Crippen molar-refractivity contribution in [1.29, 1.82) is 0 Å². The second-order valence-electron chi connectivity index (χ2n) is 7.86. The van der Waals surface area contributed by atoms with Gasteiger partial charge in [-0.15, -0.1) is 0 Å². The Morgan fingerprint density at radius 3 is 2.23 bits per heavy atom. The number of hydrogen-bond donors (Lipinski definition) is 1. The largest absolute Gasteiger partial charge is 0.508 e. The first-order valence-corrected chi connectivity index (χ1v) is 10.3. The molecule has 0 saturated heterocycles. The molecule has 4 aromatic rings. The minimum absolute atomic E-state index is 0.0656. The Morgan fingerprint density at radius 2 is 1.55 bits per heavy atom. The van der Waals surface area contributed by atoms with Crippen LogP contribution in [0.1, 0.15) is 41.0 Å². The lowest BCUT2D eigenvalue weighted by Gasteiger charge is -2.18. The number of ketones is 1. The van der Waals surface area contributed by atoms with Crippen molar-refractivity contribution in [2.45, 2.75) is 19.4 Å². The molecule has 1 aromatic heterocycles. The summed E-state index contributed by atoms with van der Waals surface area (Å²) in [6.07, 6.45) is 4.07. The highest BCUT2D eigenvalue weighted by molar-refractivity contribution is 6.01. The van der Waals surface area contributed by atoms with E-state index in [1.165, 1.54) is 11.1 Å². The van der Waals surface area contributed by atoms with Crippen LogP contribution >= 0.6 is 0 Å². The van der Waals surface area contributed by atoms with Crippen LogP contribution in [0.15, 0.2) is 91.4 Å². The number of rotatable bonds is 5. The molecule has 1 N–H and O–H groups in total. The third-order valence-corrected chi connectivity index (χ3v) is 5.99. The van der Waals surface area contributed by atoms with Gasteiger partial charge in [0.05, 0.1) is 24.3 Å². The van der Waals surface area contributed by atoms with Crippen molar-refractivity contribution in [3.8, 4) is 16.9 Å². The fourth-order valence-electron chi connectivity index (χ4n) is 4.39. The molecule has 0 aliphatic carbocycles. The SMILES string of the molecule is CC1=C(c2ccccc2)C(CC(=O)c2ccc(-c3ccc(O)cc3)cc2)n2cncc21. The second kappa shape index (κ2) is 7.73. The Hall–Kier alpha value is -3.92. The Bertz CT molecular complexity index is 1270. The van der Waals surface area contributed by atoms with Gasteiger partial charge in [-0.1, -0.05) is 66.7 Å². The molecule has 0 spiro atoms. The van der Waals surface area contributed by atoms with Gasteiger partial charge in [-0.2, -0.15) is 0 Å². The van der Waals surface area contributed by atoms with Crippen molar-refractivity contribution in [3.63, 3.8) is 0 Å². The molecule has 2 heterocycles. The number of phenols is 1. The van der Waals surface area contributed by atoms with E-state index < -0.39 is 0 Å². The van der Waals surface area contributed by atoms with Crippen LogP contribution in [0.25, 0.3) is 22.3 Å². The Labute approximate surface area is 181 Å². The van der Waals surface area contributed by atoms with Crippen LogP contribution in [0.4, 0.5) is 0 Å². The van der Waals surface area contributed by atoms with E-state index in [0.29, 0.717) is 12.0 Å². The van der Waals surface area contributed by atoms with Gasteiger partial charge in [0, 0.05) is 12.0 Å². The fraction of sp³-hybridized carbons (Fsp3) is 0.111. The summed E-state index contributed by atoms with van der Waals surface area (Å²) in [7, 11) is 0. The zero-order valence-electron chi connectivity index (χ0n) is 17.2. The van der Waals surface area contributed by atoms with Gasteiger partial charge >= 0.3 is 0 Å². The van der Waals surface area contributed by atoms with Crippen LogP contribution in [0.2, 0.25) is 0 Å². The number of carbonyl (C=O) groups is 1. The summed E-state index contributed by atoms with van der Waals surface area (Å²) < 4.78 is 2.11. The molecule has 31 heavy (non-hydrogen) atoms. The molecule has 152 valence electrons. The lowest BCUT2D eigenvalue weighted by molar-refractivity contribution is 0.0972. The van der Waals surface area contributed by atoms with Gasteiger partial charge in [0.2, 0.25) is 0 Å². The molecule has 1 aliphatic heterocycles. The third-order valence-electron chi connectivity index (χ3n) is 5.99. The zero-order chi connectivity index (χ0) is 21.4. The molecule has 1 atom stereocenters. The molecule has 4 nitrogen and oxygen atoms in total. The van der Waals surface area contributed by atoms with Crippen LogP contribution in [-0.4, -0.2) is 20.4 Å². The quantitative estimate of drug-likeness (QED) is 0.413. The van der Waals surface area contributed by atoms with Gasteiger partial charge in [0.1, 0.15) is 5.75 Å². The topological polar surface area (TPSA) is 55.1 Å². The number of aromatic hydroxyl groups is 1. The molecule has 0 amide bonds. The van der Waals surface area contributed by atoms with Crippen molar-refractivity contribution in [2.75, 3.05) is 0 Å². The molecule has 0 radical (unpaired) electrons. The minimum Gasteiger partial charge on any atom is -0.508 e. The van der Waals surface area contributed by atoms with Crippen molar-refractivity contribution < 1.29 is 9.90 Å². The summed E-state index contributed by atoms with van der Waals surface area (Å²) in [4.78, 5) is 17.5. The summed E-state index contributed by atoms with van der Waals surface area (Å²) in [5, 5.41) is 9.48. The number of nitrogens with zero attached hydrogens (tertiary/aromatic N) is 2. The number of Topliss-reactive ketones (excluding diaryl/α,β-unsaturated/α-hetero) is 1. The highest BCUT2D eigenvalue weighted by atomic mass is 16.3. The molecule has 3 aromatic carbocycles. The highest BCUT2D eigenvalue weighted by Gasteiger charge is 2.31. The molecule has 4 heteroatoms. The van der Waals surface area contributed by atoms with Gasteiger partial charge in [0.15, 0.2) is 5.78 Å². The smallest absolute Gasteiger partial charge is 0.165 e. The summed E-state index contributed by atoms with van der Waals surface area (Å²) in [5.74, 6) is 0.341. The number of fused-ring (bicyclic) bond motifs is 1. The van der Waals surface area contributed by atoms with E-state index in [0.717, 1.165) is 22.4 Å². The van der Waals surface area contributed by atoms with Crippen molar-refractivity contribution in [3.05, 3.63) is 108 Å². The average Bonchev–Trinajstić information content (AvgIpc) is 3.38. The van der Waals surface area contributed by atoms with E-state index in [1.54, 1.807) is 12.1 Å². The molecule has 1 aliphatic rings. The number of benzene rings is 3. The van der Waals surface area contributed by atoms with E-state index in [-0.39, 0.29) is 17.6 Å². The van der Waals surface area contributed by atoms with Crippen molar-refractivity contribution in [1.82, 2.24) is 9.55 Å². The Balaban J connectivity index is 1.42. The van der Waals surface area contributed by atoms with Gasteiger partial charge in [-0.25, -0.2) is 4.98 Å². The first-order chi connectivity index (χ1) is 15.1. The minimum atomic E-state index is -0.0656. The Morgan fingerprint density at radius 1 is 0.903 bits per heavy atom. The maximum atomic E-state index is 13.2.